The molecule has 21 heavy (non-hydrogen) atoms. The highest BCUT2D eigenvalue weighted by atomic mass is 35.5. The monoisotopic (exact) mass is 305 g/mol. The van der Waals surface area contributed by atoms with Crippen LogP contribution in [-0.2, 0) is 0 Å². The van der Waals surface area contributed by atoms with Crippen LogP contribution in [0.5, 0.6) is 0 Å². The molecule has 0 saturated carbocycles. The summed E-state index contributed by atoms with van der Waals surface area (Å²) in [5, 5.41) is 6.77. The van der Waals surface area contributed by atoms with Gasteiger partial charge in [0.25, 0.3) is 5.95 Å². The summed E-state index contributed by atoms with van der Waals surface area (Å²) in [4.78, 5) is 15.8. The summed E-state index contributed by atoms with van der Waals surface area (Å²) in [5.41, 5.74) is 1.06. The smallest absolute Gasteiger partial charge is 0.258 e. The van der Waals surface area contributed by atoms with Crippen LogP contribution in [0.1, 0.15) is 5.56 Å². The van der Waals surface area contributed by atoms with Crippen LogP contribution < -0.4 is 5.32 Å². The van der Waals surface area contributed by atoms with Crippen LogP contribution in [-0.4, -0.2) is 29.7 Å². The third-order valence-electron chi connectivity index (χ3n) is 2.65. The van der Waals surface area contributed by atoms with Crippen molar-refractivity contribution >= 4 is 23.2 Å². The highest BCUT2D eigenvalue weighted by Gasteiger charge is 2.08. The molecule has 0 aliphatic rings. The van der Waals surface area contributed by atoms with Crippen LogP contribution in [0.25, 0.3) is 5.95 Å². The summed E-state index contributed by atoms with van der Waals surface area (Å²) in [6, 6.07) is 4.71. The molecule has 0 amide bonds. The Balaban J connectivity index is 1.93. The van der Waals surface area contributed by atoms with E-state index in [0.717, 1.165) is 0 Å². The van der Waals surface area contributed by atoms with E-state index in [9.17, 15) is 4.39 Å². The second-order valence-corrected chi connectivity index (χ2v) is 4.50. The molecule has 0 aliphatic heterocycles. The number of nitrogens with zero attached hydrogens (tertiary/aromatic N) is 6. The first-order valence-corrected chi connectivity index (χ1v) is 6.29. The minimum absolute atomic E-state index is 0.00872. The van der Waals surface area contributed by atoms with E-state index in [1.54, 1.807) is 19.1 Å². The minimum Gasteiger partial charge on any atom is -0.324 e. The van der Waals surface area contributed by atoms with Crippen LogP contribution in [0.15, 0.2) is 30.9 Å². The van der Waals surface area contributed by atoms with Gasteiger partial charge in [0, 0.05) is 5.69 Å². The van der Waals surface area contributed by atoms with Gasteiger partial charge < -0.3 is 5.32 Å². The Labute approximate surface area is 123 Å². The fourth-order valence-electron chi connectivity index (χ4n) is 1.61. The van der Waals surface area contributed by atoms with Gasteiger partial charge in [0.1, 0.15) is 18.5 Å². The molecule has 7 nitrogen and oxygen atoms in total. The average molecular weight is 306 g/mol. The molecule has 2 heterocycles. The molecule has 1 aromatic carbocycles. The predicted molar refractivity (Wildman–Crippen MR) is 74.2 cm³/mol. The van der Waals surface area contributed by atoms with Gasteiger partial charge in [0.2, 0.25) is 11.2 Å². The summed E-state index contributed by atoms with van der Waals surface area (Å²) in [6.45, 7) is 1.68. The van der Waals surface area contributed by atoms with Gasteiger partial charge in [0.15, 0.2) is 0 Å². The van der Waals surface area contributed by atoms with E-state index in [1.165, 1.54) is 23.4 Å². The first kappa shape index (κ1) is 13.4. The second kappa shape index (κ2) is 5.41. The van der Waals surface area contributed by atoms with Crippen molar-refractivity contribution in [2.45, 2.75) is 6.92 Å². The molecule has 3 rings (SSSR count). The summed E-state index contributed by atoms with van der Waals surface area (Å²) < 4.78 is 14.9. The zero-order chi connectivity index (χ0) is 14.8. The molecule has 0 saturated heterocycles. The Bertz CT molecular complexity index is 775. The molecule has 1 N–H and O–H groups in total. The van der Waals surface area contributed by atoms with E-state index in [1.807, 2.05) is 0 Å². The van der Waals surface area contributed by atoms with Crippen molar-refractivity contribution < 1.29 is 4.39 Å². The average Bonchev–Trinajstić information content (AvgIpc) is 2.96. The number of aromatic nitrogens is 6. The van der Waals surface area contributed by atoms with Crippen LogP contribution in [0, 0.1) is 12.7 Å². The predicted octanol–water partition coefficient (Wildman–Crippen LogP) is 2.30. The largest absolute Gasteiger partial charge is 0.324 e. The number of rotatable bonds is 3. The summed E-state index contributed by atoms with van der Waals surface area (Å²) in [7, 11) is 0. The number of hydrogen-bond acceptors (Lipinski definition) is 6. The van der Waals surface area contributed by atoms with Crippen molar-refractivity contribution in [3.63, 3.8) is 0 Å². The van der Waals surface area contributed by atoms with Gasteiger partial charge in [-0.2, -0.15) is 24.7 Å². The molecular weight excluding hydrogens is 297 g/mol. The van der Waals surface area contributed by atoms with E-state index in [4.69, 9.17) is 11.6 Å². The lowest BCUT2D eigenvalue weighted by Gasteiger charge is -2.07. The number of benzene rings is 1. The van der Waals surface area contributed by atoms with Crippen molar-refractivity contribution in [1.82, 2.24) is 29.7 Å². The molecule has 0 bridgehead atoms. The molecule has 0 aliphatic carbocycles. The van der Waals surface area contributed by atoms with Gasteiger partial charge in [-0.1, -0.05) is 6.07 Å². The van der Waals surface area contributed by atoms with Crippen LogP contribution >= 0.6 is 11.6 Å². The second-order valence-electron chi connectivity index (χ2n) is 4.16. The summed E-state index contributed by atoms with van der Waals surface area (Å²) in [5.74, 6) is 0.0722. The molecule has 0 fully saturated rings. The molecule has 3 aromatic rings. The van der Waals surface area contributed by atoms with Gasteiger partial charge in [-0.15, -0.1) is 0 Å². The Morgan fingerprint density at radius 3 is 2.81 bits per heavy atom. The number of halogens is 2. The normalized spacial score (nSPS) is 10.6. The van der Waals surface area contributed by atoms with Crippen LogP contribution in [0.4, 0.5) is 16.0 Å². The van der Waals surface area contributed by atoms with Crippen LogP contribution in [0.3, 0.4) is 0 Å². The number of hydrogen-bond donors (Lipinski definition) is 1. The lowest BCUT2D eigenvalue weighted by Crippen LogP contribution is -2.07. The molecule has 106 valence electrons. The van der Waals surface area contributed by atoms with Crippen molar-refractivity contribution in [3.8, 4) is 5.95 Å². The Kier molecular flexibility index (Phi) is 3.44. The van der Waals surface area contributed by atoms with Gasteiger partial charge in [0.05, 0.1) is 0 Å². The van der Waals surface area contributed by atoms with E-state index in [0.29, 0.717) is 11.3 Å². The molecule has 0 atom stereocenters. The first-order chi connectivity index (χ1) is 10.1. The van der Waals surface area contributed by atoms with Gasteiger partial charge >= 0.3 is 0 Å². The Hall–Kier alpha value is -2.61. The number of anilines is 2. The van der Waals surface area contributed by atoms with E-state index in [2.05, 4.69) is 30.4 Å². The zero-order valence-corrected chi connectivity index (χ0v) is 11.6. The quantitative estimate of drug-likeness (QED) is 0.799. The van der Waals surface area contributed by atoms with Crippen molar-refractivity contribution in [1.29, 1.82) is 0 Å². The third-order valence-corrected chi connectivity index (χ3v) is 2.82. The lowest BCUT2D eigenvalue weighted by molar-refractivity contribution is 0.619. The minimum atomic E-state index is -0.323. The molecular formula is C12H9ClFN7. The van der Waals surface area contributed by atoms with Gasteiger partial charge in [-0.05, 0) is 36.2 Å². The fraction of sp³-hybridized carbons (Fsp3) is 0.0833. The van der Waals surface area contributed by atoms with Crippen LogP contribution in [0.2, 0.25) is 5.28 Å². The maximum atomic E-state index is 13.5. The molecule has 2 aromatic heterocycles. The molecule has 0 unspecified atom stereocenters. The highest BCUT2D eigenvalue weighted by molar-refractivity contribution is 6.28. The lowest BCUT2D eigenvalue weighted by atomic mass is 10.2. The van der Waals surface area contributed by atoms with E-state index in [-0.39, 0.29) is 23.0 Å². The standard InChI is InChI=1S/C12H9ClFN7/c1-7-2-3-8(4-9(7)14)17-11-18-10(13)19-12(20-11)21-6-15-5-16-21/h2-6H,1H3,(H,17,18,19,20). The third kappa shape index (κ3) is 2.95. The number of nitrogens with one attached hydrogen (secondary N) is 1. The molecule has 0 spiro atoms. The van der Waals surface area contributed by atoms with Gasteiger partial charge in [-0.3, -0.25) is 0 Å². The number of aryl methyl sites for hydroxylation is 1. The van der Waals surface area contributed by atoms with Crippen molar-refractivity contribution in [2.24, 2.45) is 0 Å². The van der Waals surface area contributed by atoms with E-state index < -0.39 is 0 Å². The summed E-state index contributed by atoms with van der Waals surface area (Å²) in [6.07, 6.45) is 2.78. The van der Waals surface area contributed by atoms with E-state index >= 15 is 0 Å². The fourth-order valence-corrected chi connectivity index (χ4v) is 1.76. The molecule has 0 radical (unpaired) electrons. The maximum Gasteiger partial charge on any atom is 0.258 e. The first-order valence-electron chi connectivity index (χ1n) is 5.91. The zero-order valence-electron chi connectivity index (χ0n) is 10.8. The topological polar surface area (TPSA) is 81.4 Å². The maximum absolute atomic E-state index is 13.5. The Morgan fingerprint density at radius 1 is 1.24 bits per heavy atom. The molecule has 9 heteroatoms. The Morgan fingerprint density at radius 2 is 2.10 bits per heavy atom. The SMILES string of the molecule is Cc1ccc(Nc2nc(Cl)nc(-n3cncn3)n2)cc1F. The van der Waals surface area contributed by atoms with Gasteiger partial charge in [-0.25, -0.2) is 9.37 Å². The van der Waals surface area contributed by atoms with Crippen molar-refractivity contribution in [2.75, 3.05) is 5.32 Å². The highest BCUT2D eigenvalue weighted by Crippen LogP contribution is 2.18. The summed E-state index contributed by atoms with van der Waals surface area (Å²) >= 11 is 5.85. The van der Waals surface area contributed by atoms with Crippen molar-refractivity contribution in [3.05, 3.63) is 47.5 Å².